The number of H-pyrrole nitrogens is 1. The highest BCUT2D eigenvalue weighted by Crippen LogP contribution is 2.27. The minimum absolute atomic E-state index is 0.252. The summed E-state index contributed by atoms with van der Waals surface area (Å²) in [4.78, 5) is 50.3. The van der Waals surface area contributed by atoms with E-state index >= 15 is 0 Å². The van der Waals surface area contributed by atoms with E-state index in [9.17, 15) is 14.4 Å². The Kier molecular flexibility index (Phi) is 4.47. The summed E-state index contributed by atoms with van der Waals surface area (Å²) in [5.74, 6) is 0.0979. The molecule has 3 aromatic heterocycles. The lowest BCUT2D eigenvalue weighted by Gasteiger charge is -2.11. The summed E-state index contributed by atoms with van der Waals surface area (Å²) < 4.78 is 3.69. The molecule has 10 heteroatoms. The smallest absolute Gasteiger partial charge is 0.332 e. The first-order valence-corrected chi connectivity index (χ1v) is 9.89. The zero-order chi connectivity index (χ0) is 22.4. The molecule has 5 rings (SSSR count). The van der Waals surface area contributed by atoms with Crippen LogP contribution in [0.25, 0.3) is 33.6 Å². The molecule has 10 nitrogen and oxygen atoms in total. The third-order valence-corrected chi connectivity index (χ3v) is 5.35. The Balaban J connectivity index is 1.49. The number of benzene rings is 2. The van der Waals surface area contributed by atoms with Crippen LogP contribution in [-0.2, 0) is 25.4 Å². The fourth-order valence-electron chi connectivity index (χ4n) is 3.75. The van der Waals surface area contributed by atoms with Crippen LogP contribution in [0.1, 0.15) is 0 Å². The van der Waals surface area contributed by atoms with Gasteiger partial charge in [-0.1, -0.05) is 24.3 Å². The number of para-hydroxylation sites is 3. The molecule has 0 unspecified atom stereocenters. The van der Waals surface area contributed by atoms with Crippen LogP contribution >= 0.6 is 0 Å². The highest BCUT2D eigenvalue weighted by molar-refractivity contribution is 5.95. The zero-order valence-corrected chi connectivity index (χ0v) is 17.4. The van der Waals surface area contributed by atoms with E-state index in [2.05, 4.69) is 20.3 Å². The fourth-order valence-corrected chi connectivity index (χ4v) is 3.75. The zero-order valence-electron chi connectivity index (χ0n) is 17.4. The number of amides is 1. The van der Waals surface area contributed by atoms with E-state index in [1.54, 1.807) is 19.2 Å². The first-order valence-electron chi connectivity index (χ1n) is 9.89. The van der Waals surface area contributed by atoms with Crippen molar-refractivity contribution in [1.82, 2.24) is 28.7 Å². The number of nitrogens with one attached hydrogen (secondary N) is 2. The third kappa shape index (κ3) is 3.09. The minimum Gasteiger partial charge on any atom is -0.338 e. The second-order valence-corrected chi connectivity index (χ2v) is 7.46. The average Bonchev–Trinajstić information content (AvgIpc) is 3.39. The van der Waals surface area contributed by atoms with Gasteiger partial charge in [0.05, 0.1) is 23.0 Å². The molecule has 0 aliphatic carbocycles. The topological polar surface area (TPSA) is 120 Å². The van der Waals surface area contributed by atoms with Gasteiger partial charge in [0.2, 0.25) is 5.91 Å². The van der Waals surface area contributed by atoms with Crippen LogP contribution in [0.4, 0.5) is 5.69 Å². The van der Waals surface area contributed by atoms with Crippen molar-refractivity contribution in [1.29, 1.82) is 0 Å². The number of anilines is 1. The summed E-state index contributed by atoms with van der Waals surface area (Å²) >= 11 is 0. The lowest BCUT2D eigenvalue weighted by Crippen LogP contribution is -2.42. The van der Waals surface area contributed by atoms with E-state index in [0.717, 1.165) is 15.6 Å². The van der Waals surface area contributed by atoms with Crippen molar-refractivity contribution in [2.24, 2.45) is 14.1 Å². The van der Waals surface area contributed by atoms with Crippen molar-refractivity contribution >= 4 is 33.8 Å². The number of hydrogen-bond donors (Lipinski definition) is 2. The van der Waals surface area contributed by atoms with Crippen molar-refractivity contribution in [3.05, 3.63) is 75.7 Å². The molecule has 0 saturated carbocycles. The number of fused-ring (bicyclic) bond motifs is 2. The van der Waals surface area contributed by atoms with E-state index in [1.165, 1.54) is 22.5 Å². The van der Waals surface area contributed by atoms with E-state index in [-0.39, 0.29) is 11.2 Å². The van der Waals surface area contributed by atoms with Gasteiger partial charge in [0.25, 0.3) is 5.56 Å². The van der Waals surface area contributed by atoms with Crippen LogP contribution in [0.5, 0.6) is 0 Å². The quantitative estimate of drug-likeness (QED) is 0.450. The Morgan fingerprint density at radius 2 is 1.81 bits per heavy atom. The van der Waals surface area contributed by atoms with Gasteiger partial charge in [0, 0.05) is 19.7 Å². The normalized spacial score (nSPS) is 11.3. The van der Waals surface area contributed by atoms with E-state index in [1.807, 2.05) is 36.4 Å². The Hall–Kier alpha value is -4.47. The van der Waals surface area contributed by atoms with Crippen molar-refractivity contribution in [3.8, 4) is 11.4 Å². The van der Waals surface area contributed by atoms with Gasteiger partial charge in [-0.15, -0.1) is 0 Å². The van der Waals surface area contributed by atoms with E-state index in [0.29, 0.717) is 17.1 Å². The maximum atomic E-state index is 12.9. The maximum absolute atomic E-state index is 12.9. The number of hydrogen-bond acceptors (Lipinski definition) is 5. The number of rotatable bonds is 4. The summed E-state index contributed by atoms with van der Waals surface area (Å²) in [7, 11) is 3.18. The molecule has 0 aliphatic heterocycles. The van der Waals surface area contributed by atoms with Gasteiger partial charge < -0.3 is 14.9 Å². The molecule has 2 N–H and O–H groups in total. The van der Waals surface area contributed by atoms with Crippen LogP contribution in [0.2, 0.25) is 0 Å². The molecular formula is C22H19N7O3. The van der Waals surface area contributed by atoms with Crippen molar-refractivity contribution in [3.63, 3.8) is 0 Å². The van der Waals surface area contributed by atoms with E-state index < -0.39 is 23.7 Å². The highest BCUT2D eigenvalue weighted by Gasteiger charge is 2.18. The van der Waals surface area contributed by atoms with Gasteiger partial charge in [0.1, 0.15) is 12.4 Å². The maximum Gasteiger partial charge on any atom is 0.332 e. The van der Waals surface area contributed by atoms with Crippen LogP contribution in [0, 0.1) is 0 Å². The Bertz CT molecular complexity index is 1590. The number of aromatic amines is 1. The molecule has 0 bridgehead atoms. The van der Waals surface area contributed by atoms with Gasteiger partial charge in [-0.2, -0.15) is 0 Å². The molecule has 0 fully saturated rings. The molecule has 160 valence electrons. The van der Waals surface area contributed by atoms with Gasteiger partial charge in [-0.3, -0.25) is 14.2 Å². The van der Waals surface area contributed by atoms with Crippen LogP contribution in [-0.4, -0.2) is 34.6 Å². The largest absolute Gasteiger partial charge is 0.338 e. The molecular weight excluding hydrogens is 410 g/mol. The van der Waals surface area contributed by atoms with Crippen molar-refractivity contribution < 1.29 is 4.79 Å². The number of imidazole rings is 2. The Morgan fingerprint density at radius 3 is 2.62 bits per heavy atom. The minimum atomic E-state index is -0.609. The lowest BCUT2D eigenvalue weighted by atomic mass is 10.1. The molecule has 32 heavy (non-hydrogen) atoms. The molecule has 0 atom stereocenters. The first-order chi connectivity index (χ1) is 15.4. The summed E-state index contributed by atoms with van der Waals surface area (Å²) in [6.45, 7) is -0.429. The summed E-state index contributed by atoms with van der Waals surface area (Å²) in [6, 6.07) is 14.8. The molecule has 5 aromatic rings. The number of carbonyl (C=O) groups is 1. The van der Waals surface area contributed by atoms with Gasteiger partial charge in [-0.25, -0.2) is 19.3 Å². The van der Waals surface area contributed by atoms with Gasteiger partial charge in [-0.05, 0) is 24.3 Å². The number of aryl methyl sites for hydroxylation is 2. The second kappa shape index (κ2) is 7.34. The summed E-state index contributed by atoms with van der Waals surface area (Å²) in [5, 5.41) is 2.80. The van der Waals surface area contributed by atoms with Gasteiger partial charge in [0.15, 0.2) is 11.2 Å². The average molecular weight is 429 g/mol. The van der Waals surface area contributed by atoms with Gasteiger partial charge >= 0.3 is 5.69 Å². The molecule has 2 aromatic carbocycles. The number of nitrogens with zero attached hydrogens (tertiary/aromatic N) is 5. The third-order valence-electron chi connectivity index (χ3n) is 5.35. The molecule has 0 radical (unpaired) electrons. The molecule has 0 spiro atoms. The predicted molar refractivity (Wildman–Crippen MR) is 120 cm³/mol. The second-order valence-electron chi connectivity index (χ2n) is 7.46. The standard InChI is InChI=1S/C22H19N7O3/c1-27-12-23-20-18(27)21(31)29(22(32)28(20)2)11-17(30)24-14-8-4-3-7-13(14)19-25-15-9-5-6-10-16(15)26-19/h3-10,12H,11H2,1-2H3,(H,24,30)(H,25,26). The Morgan fingerprint density at radius 1 is 1.06 bits per heavy atom. The summed E-state index contributed by atoms with van der Waals surface area (Å²) in [5.41, 5.74) is 2.25. The number of aromatic nitrogens is 6. The summed E-state index contributed by atoms with van der Waals surface area (Å²) in [6.07, 6.45) is 1.46. The predicted octanol–water partition coefficient (Wildman–Crippen LogP) is 1.62. The van der Waals surface area contributed by atoms with Crippen LogP contribution in [0.3, 0.4) is 0 Å². The monoisotopic (exact) mass is 429 g/mol. The van der Waals surface area contributed by atoms with Crippen molar-refractivity contribution in [2.75, 3.05) is 5.32 Å². The van der Waals surface area contributed by atoms with Crippen molar-refractivity contribution in [2.45, 2.75) is 6.54 Å². The first kappa shape index (κ1) is 19.5. The Labute approximate surface area is 180 Å². The van der Waals surface area contributed by atoms with E-state index in [4.69, 9.17) is 0 Å². The lowest BCUT2D eigenvalue weighted by molar-refractivity contribution is -0.116. The molecule has 0 aliphatic rings. The van der Waals surface area contributed by atoms with Crippen LogP contribution < -0.4 is 16.6 Å². The molecule has 0 saturated heterocycles. The molecule has 3 heterocycles. The van der Waals surface area contributed by atoms with Crippen LogP contribution in [0.15, 0.2) is 64.4 Å². The highest BCUT2D eigenvalue weighted by atomic mass is 16.2. The fraction of sp³-hybridized carbons (Fsp3) is 0.136. The molecule has 1 amide bonds. The SMILES string of the molecule is Cn1cnc2c1c(=O)n(CC(=O)Nc1ccccc1-c1nc3ccccc3[nH]1)c(=O)n2C. The number of carbonyl (C=O) groups excluding carboxylic acids is 1.